The third kappa shape index (κ3) is 5.21. The summed E-state index contributed by atoms with van der Waals surface area (Å²) < 4.78 is 10.7. The van der Waals surface area contributed by atoms with E-state index in [9.17, 15) is 0 Å². The number of nitrogens with two attached hydrogens (primary N) is 1. The molecule has 0 aromatic heterocycles. The van der Waals surface area contributed by atoms with Crippen LogP contribution in [0.4, 0.5) is 0 Å². The lowest BCUT2D eigenvalue weighted by Crippen LogP contribution is -2.47. The predicted molar refractivity (Wildman–Crippen MR) is 53.3 cm³/mol. The number of rotatable bonds is 8. The molecule has 0 aliphatic heterocycles. The number of hydrogen-bond donors (Lipinski definition) is 2. The first-order chi connectivity index (χ1) is 6.29. The van der Waals surface area contributed by atoms with Crippen molar-refractivity contribution >= 4 is 0 Å². The maximum Gasteiger partial charge on any atom is 0.0757 e. The minimum atomic E-state index is 0.0848. The summed E-state index contributed by atoms with van der Waals surface area (Å²) in [6.07, 6.45) is 2.09. The molecule has 0 aliphatic rings. The quantitative estimate of drug-likeness (QED) is 0.335. The van der Waals surface area contributed by atoms with Crippen LogP contribution in [0.5, 0.6) is 0 Å². The van der Waals surface area contributed by atoms with Crippen molar-refractivity contribution in [3.63, 3.8) is 0 Å². The maximum atomic E-state index is 5.40. The second-order valence-corrected chi connectivity index (χ2v) is 3.03. The molecule has 0 aliphatic carbocycles. The smallest absolute Gasteiger partial charge is 0.0757 e. The van der Waals surface area contributed by atoms with Gasteiger partial charge in [0.2, 0.25) is 0 Å². The van der Waals surface area contributed by atoms with Crippen LogP contribution in [0.2, 0.25) is 0 Å². The second-order valence-electron chi connectivity index (χ2n) is 3.03. The largest absolute Gasteiger partial charge is 0.380 e. The molecule has 0 radical (unpaired) electrons. The zero-order valence-corrected chi connectivity index (χ0v) is 8.88. The van der Waals surface area contributed by atoms with Gasteiger partial charge < -0.3 is 9.47 Å². The Balaban J connectivity index is 3.71. The zero-order valence-electron chi connectivity index (χ0n) is 8.88. The average Bonchev–Trinajstić information content (AvgIpc) is 2.17. The van der Waals surface area contributed by atoms with E-state index in [1.165, 1.54) is 0 Å². The highest BCUT2D eigenvalue weighted by Gasteiger charge is 2.17. The molecule has 4 nitrogen and oxygen atoms in total. The van der Waals surface area contributed by atoms with Crippen LogP contribution >= 0.6 is 0 Å². The molecule has 0 aromatic rings. The first kappa shape index (κ1) is 12.8. The molecule has 0 spiro atoms. The topological polar surface area (TPSA) is 56.5 Å². The number of hydrazine groups is 1. The first-order valence-electron chi connectivity index (χ1n) is 4.86. The van der Waals surface area contributed by atoms with Gasteiger partial charge >= 0.3 is 0 Å². The van der Waals surface area contributed by atoms with Gasteiger partial charge in [-0.15, -0.1) is 0 Å². The molecule has 3 N–H and O–H groups in total. The van der Waals surface area contributed by atoms with Crippen molar-refractivity contribution in [1.29, 1.82) is 0 Å². The normalized spacial score (nSPS) is 15.7. The first-order valence-corrected chi connectivity index (χ1v) is 4.86. The SMILES string of the molecule is CCCOCC(NN)C(CC)OC. The molecule has 0 bridgehead atoms. The fourth-order valence-corrected chi connectivity index (χ4v) is 1.23. The minimum Gasteiger partial charge on any atom is -0.380 e. The van der Waals surface area contributed by atoms with Gasteiger partial charge in [0.15, 0.2) is 0 Å². The van der Waals surface area contributed by atoms with E-state index in [2.05, 4.69) is 19.3 Å². The Bertz CT molecular complexity index is 108. The number of nitrogens with one attached hydrogen (secondary N) is 1. The summed E-state index contributed by atoms with van der Waals surface area (Å²) in [5.41, 5.74) is 2.71. The Morgan fingerprint density at radius 3 is 2.46 bits per heavy atom. The van der Waals surface area contributed by atoms with Crippen molar-refractivity contribution in [3.05, 3.63) is 0 Å². The highest BCUT2D eigenvalue weighted by molar-refractivity contribution is 4.73. The summed E-state index contributed by atoms with van der Waals surface area (Å²) in [7, 11) is 1.69. The Kier molecular flexibility index (Phi) is 8.33. The Hall–Kier alpha value is -0.160. The van der Waals surface area contributed by atoms with E-state index in [0.29, 0.717) is 6.61 Å². The summed E-state index contributed by atoms with van der Waals surface area (Å²) in [6.45, 7) is 5.53. The molecule has 0 heterocycles. The summed E-state index contributed by atoms with van der Waals surface area (Å²) in [6, 6.07) is 0.0848. The van der Waals surface area contributed by atoms with Crippen LogP contribution in [0, 0.1) is 0 Å². The predicted octanol–water partition coefficient (Wildman–Crippen LogP) is 0.670. The second kappa shape index (κ2) is 8.44. The molecule has 0 aromatic carbocycles. The van der Waals surface area contributed by atoms with E-state index in [-0.39, 0.29) is 12.1 Å². The monoisotopic (exact) mass is 190 g/mol. The van der Waals surface area contributed by atoms with E-state index in [1.807, 2.05) is 0 Å². The van der Waals surface area contributed by atoms with Crippen LogP contribution in [0.15, 0.2) is 0 Å². The third-order valence-electron chi connectivity index (χ3n) is 2.01. The van der Waals surface area contributed by atoms with E-state index >= 15 is 0 Å². The molecule has 2 unspecified atom stereocenters. The molecule has 4 heteroatoms. The van der Waals surface area contributed by atoms with Gasteiger partial charge in [0.25, 0.3) is 0 Å². The van der Waals surface area contributed by atoms with Gasteiger partial charge in [0.05, 0.1) is 18.8 Å². The number of hydrogen-bond acceptors (Lipinski definition) is 4. The van der Waals surface area contributed by atoms with Crippen LogP contribution in [0.3, 0.4) is 0 Å². The number of methoxy groups -OCH3 is 1. The summed E-state index contributed by atoms with van der Waals surface area (Å²) >= 11 is 0. The van der Waals surface area contributed by atoms with Gasteiger partial charge in [0, 0.05) is 13.7 Å². The lowest BCUT2D eigenvalue weighted by Gasteiger charge is -2.23. The van der Waals surface area contributed by atoms with Crippen molar-refractivity contribution in [2.45, 2.75) is 38.8 Å². The average molecular weight is 190 g/mol. The van der Waals surface area contributed by atoms with E-state index < -0.39 is 0 Å². The lowest BCUT2D eigenvalue weighted by molar-refractivity contribution is 0.0194. The zero-order chi connectivity index (χ0) is 10.1. The van der Waals surface area contributed by atoms with Crippen molar-refractivity contribution in [2.75, 3.05) is 20.3 Å². The Labute approximate surface area is 80.7 Å². The fraction of sp³-hybridized carbons (Fsp3) is 1.00. The van der Waals surface area contributed by atoms with Gasteiger partial charge in [-0.05, 0) is 12.8 Å². The molecule has 2 atom stereocenters. The molecule has 0 saturated heterocycles. The Morgan fingerprint density at radius 1 is 1.38 bits per heavy atom. The van der Waals surface area contributed by atoms with Gasteiger partial charge in [-0.3, -0.25) is 11.3 Å². The molecule has 0 amide bonds. The molecule has 0 rings (SSSR count). The molecule has 0 fully saturated rings. The highest BCUT2D eigenvalue weighted by Crippen LogP contribution is 2.03. The highest BCUT2D eigenvalue weighted by atomic mass is 16.5. The lowest BCUT2D eigenvalue weighted by atomic mass is 10.1. The van der Waals surface area contributed by atoms with E-state index in [1.54, 1.807) is 7.11 Å². The van der Waals surface area contributed by atoms with E-state index in [0.717, 1.165) is 19.4 Å². The van der Waals surface area contributed by atoms with Crippen molar-refractivity contribution in [1.82, 2.24) is 5.43 Å². The minimum absolute atomic E-state index is 0.0848. The molecule has 13 heavy (non-hydrogen) atoms. The van der Waals surface area contributed by atoms with E-state index in [4.69, 9.17) is 15.3 Å². The van der Waals surface area contributed by atoms with Crippen LogP contribution in [-0.2, 0) is 9.47 Å². The van der Waals surface area contributed by atoms with Gasteiger partial charge in [-0.2, -0.15) is 0 Å². The molecule has 0 saturated carbocycles. The summed E-state index contributed by atoms with van der Waals surface area (Å²) in [5, 5.41) is 0. The van der Waals surface area contributed by atoms with Crippen LogP contribution in [-0.4, -0.2) is 32.5 Å². The maximum absolute atomic E-state index is 5.40. The standard InChI is InChI=1S/C9H22N2O2/c1-4-6-13-7-8(11-10)9(5-2)12-3/h8-9,11H,4-7,10H2,1-3H3. The summed E-state index contributed by atoms with van der Waals surface area (Å²) in [4.78, 5) is 0. The van der Waals surface area contributed by atoms with Crippen LogP contribution in [0.1, 0.15) is 26.7 Å². The van der Waals surface area contributed by atoms with Gasteiger partial charge in [0.1, 0.15) is 0 Å². The molecular weight excluding hydrogens is 168 g/mol. The fourth-order valence-electron chi connectivity index (χ4n) is 1.23. The Morgan fingerprint density at radius 2 is 2.08 bits per heavy atom. The van der Waals surface area contributed by atoms with Crippen molar-refractivity contribution in [3.8, 4) is 0 Å². The van der Waals surface area contributed by atoms with Crippen molar-refractivity contribution < 1.29 is 9.47 Å². The molecular formula is C9H22N2O2. The van der Waals surface area contributed by atoms with Crippen molar-refractivity contribution in [2.24, 2.45) is 5.84 Å². The third-order valence-corrected chi connectivity index (χ3v) is 2.01. The summed E-state index contributed by atoms with van der Waals surface area (Å²) in [5.74, 6) is 5.40. The molecule has 80 valence electrons. The van der Waals surface area contributed by atoms with Crippen LogP contribution in [0.25, 0.3) is 0 Å². The van der Waals surface area contributed by atoms with Gasteiger partial charge in [-0.1, -0.05) is 13.8 Å². The van der Waals surface area contributed by atoms with Crippen LogP contribution < -0.4 is 11.3 Å². The number of ether oxygens (including phenoxy) is 2. The van der Waals surface area contributed by atoms with Gasteiger partial charge in [-0.25, -0.2) is 0 Å².